The van der Waals surface area contributed by atoms with Crippen molar-refractivity contribution in [3.63, 3.8) is 0 Å². The fourth-order valence-corrected chi connectivity index (χ4v) is 2.92. The number of aromatic nitrogens is 1. The number of hydrogen-bond acceptors (Lipinski definition) is 3. The SMILES string of the molecule is CCC1(C)CCN(c2cc(CNC3CC3)ccn2)CC1. The Morgan fingerprint density at radius 1 is 1.35 bits per heavy atom. The standard InChI is InChI=1S/C17H27N3/c1-3-17(2)7-10-20(11-8-17)16-12-14(6-9-18-16)13-19-15-4-5-15/h6,9,12,15,19H,3-5,7-8,10-11,13H2,1-2H3. The fourth-order valence-electron chi connectivity index (χ4n) is 2.92. The number of nitrogens with one attached hydrogen (secondary N) is 1. The van der Waals surface area contributed by atoms with Crippen LogP contribution in [0.25, 0.3) is 0 Å². The van der Waals surface area contributed by atoms with Crippen molar-refractivity contribution in [3.8, 4) is 0 Å². The van der Waals surface area contributed by atoms with Gasteiger partial charge in [0.25, 0.3) is 0 Å². The van der Waals surface area contributed by atoms with E-state index >= 15 is 0 Å². The van der Waals surface area contributed by atoms with Gasteiger partial charge in [-0.1, -0.05) is 20.3 Å². The van der Waals surface area contributed by atoms with Crippen molar-refractivity contribution < 1.29 is 0 Å². The molecule has 1 saturated carbocycles. The molecular formula is C17H27N3. The Bertz CT molecular complexity index is 445. The van der Waals surface area contributed by atoms with Crippen LogP contribution >= 0.6 is 0 Å². The van der Waals surface area contributed by atoms with Crippen LogP contribution in [0.3, 0.4) is 0 Å². The van der Waals surface area contributed by atoms with E-state index in [4.69, 9.17) is 0 Å². The molecule has 0 amide bonds. The van der Waals surface area contributed by atoms with Crippen LogP contribution in [0.1, 0.15) is 51.5 Å². The fraction of sp³-hybridized carbons (Fsp3) is 0.706. The molecule has 1 aliphatic heterocycles. The van der Waals surface area contributed by atoms with E-state index in [9.17, 15) is 0 Å². The summed E-state index contributed by atoms with van der Waals surface area (Å²) in [6.45, 7) is 8.03. The van der Waals surface area contributed by atoms with Gasteiger partial charge in [0, 0.05) is 31.9 Å². The molecule has 1 aliphatic carbocycles. The molecule has 2 heterocycles. The van der Waals surface area contributed by atoms with Crippen molar-refractivity contribution in [2.24, 2.45) is 5.41 Å². The van der Waals surface area contributed by atoms with E-state index in [1.165, 1.54) is 43.5 Å². The Hall–Kier alpha value is -1.09. The van der Waals surface area contributed by atoms with Crippen molar-refractivity contribution in [1.82, 2.24) is 10.3 Å². The number of piperidine rings is 1. The summed E-state index contributed by atoms with van der Waals surface area (Å²) in [5.41, 5.74) is 1.91. The van der Waals surface area contributed by atoms with Crippen LogP contribution in [0.5, 0.6) is 0 Å². The quantitative estimate of drug-likeness (QED) is 0.891. The van der Waals surface area contributed by atoms with Crippen LogP contribution in [-0.2, 0) is 6.54 Å². The van der Waals surface area contributed by atoms with Gasteiger partial charge in [0.1, 0.15) is 5.82 Å². The molecule has 1 N–H and O–H groups in total. The largest absolute Gasteiger partial charge is 0.357 e. The van der Waals surface area contributed by atoms with Crippen LogP contribution in [0.4, 0.5) is 5.82 Å². The molecule has 0 spiro atoms. The Morgan fingerprint density at radius 3 is 2.75 bits per heavy atom. The molecule has 2 aliphatic rings. The average molecular weight is 273 g/mol. The molecule has 20 heavy (non-hydrogen) atoms. The van der Waals surface area contributed by atoms with Crippen LogP contribution in [-0.4, -0.2) is 24.1 Å². The molecular weight excluding hydrogens is 246 g/mol. The minimum atomic E-state index is 0.543. The molecule has 0 bridgehead atoms. The third-order valence-corrected chi connectivity index (χ3v) is 5.13. The number of hydrogen-bond donors (Lipinski definition) is 1. The van der Waals surface area contributed by atoms with Gasteiger partial charge in [-0.25, -0.2) is 4.98 Å². The number of rotatable bonds is 5. The minimum absolute atomic E-state index is 0.543. The van der Waals surface area contributed by atoms with Gasteiger partial charge in [-0.3, -0.25) is 0 Å². The molecule has 3 heteroatoms. The lowest BCUT2D eigenvalue weighted by Crippen LogP contribution is -2.38. The van der Waals surface area contributed by atoms with E-state index in [1.807, 2.05) is 6.20 Å². The van der Waals surface area contributed by atoms with Crippen LogP contribution in [0, 0.1) is 5.41 Å². The first-order chi connectivity index (χ1) is 9.68. The van der Waals surface area contributed by atoms with Gasteiger partial charge in [0.05, 0.1) is 0 Å². The maximum atomic E-state index is 4.58. The maximum absolute atomic E-state index is 4.58. The van der Waals surface area contributed by atoms with Crippen molar-refractivity contribution >= 4 is 5.82 Å². The topological polar surface area (TPSA) is 28.2 Å². The average Bonchev–Trinajstić information content (AvgIpc) is 3.30. The smallest absolute Gasteiger partial charge is 0.128 e. The molecule has 110 valence electrons. The summed E-state index contributed by atoms with van der Waals surface area (Å²) in [4.78, 5) is 7.03. The summed E-state index contributed by atoms with van der Waals surface area (Å²) in [7, 11) is 0. The van der Waals surface area contributed by atoms with E-state index in [0.29, 0.717) is 5.41 Å². The zero-order chi connectivity index (χ0) is 14.0. The maximum Gasteiger partial charge on any atom is 0.128 e. The van der Waals surface area contributed by atoms with Crippen molar-refractivity contribution in [1.29, 1.82) is 0 Å². The second-order valence-electron chi connectivity index (χ2n) is 6.83. The van der Waals surface area contributed by atoms with Gasteiger partial charge in [0.15, 0.2) is 0 Å². The van der Waals surface area contributed by atoms with E-state index in [2.05, 4.69) is 41.2 Å². The van der Waals surface area contributed by atoms with Gasteiger partial charge >= 0.3 is 0 Å². The third-order valence-electron chi connectivity index (χ3n) is 5.13. The Labute approximate surface area is 122 Å². The first-order valence-corrected chi connectivity index (χ1v) is 8.12. The van der Waals surface area contributed by atoms with Gasteiger partial charge in [-0.2, -0.15) is 0 Å². The highest BCUT2D eigenvalue weighted by molar-refractivity contribution is 5.41. The summed E-state index contributed by atoms with van der Waals surface area (Å²) in [5.74, 6) is 1.17. The highest BCUT2D eigenvalue weighted by Gasteiger charge is 2.28. The molecule has 1 saturated heterocycles. The normalized spacial score (nSPS) is 22.0. The van der Waals surface area contributed by atoms with Crippen molar-refractivity contribution in [3.05, 3.63) is 23.9 Å². The highest BCUT2D eigenvalue weighted by atomic mass is 15.2. The third kappa shape index (κ3) is 3.32. The van der Waals surface area contributed by atoms with Crippen molar-refractivity contribution in [2.45, 2.75) is 58.5 Å². The monoisotopic (exact) mass is 273 g/mol. The first kappa shape index (κ1) is 13.9. The van der Waals surface area contributed by atoms with E-state index < -0.39 is 0 Å². The summed E-state index contributed by atoms with van der Waals surface area (Å²) < 4.78 is 0. The second-order valence-corrected chi connectivity index (χ2v) is 6.83. The summed E-state index contributed by atoms with van der Waals surface area (Å²) >= 11 is 0. The molecule has 3 rings (SSSR count). The first-order valence-electron chi connectivity index (χ1n) is 8.12. The summed E-state index contributed by atoms with van der Waals surface area (Å²) in [5, 5.41) is 3.58. The lowest BCUT2D eigenvalue weighted by Gasteiger charge is -2.39. The number of nitrogens with zero attached hydrogens (tertiary/aromatic N) is 2. The van der Waals surface area contributed by atoms with E-state index in [-0.39, 0.29) is 0 Å². The molecule has 1 aromatic rings. The van der Waals surface area contributed by atoms with Crippen LogP contribution < -0.4 is 10.2 Å². The molecule has 0 radical (unpaired) electrons. The van der Waals surface area contributed by atoms with E-state index in [1.54, 1.807) is 0 Å². The Balaban J connectivity index is 1.60. The molecule has 1 aromatic heterocycles. The molecule has 0 unspecified atom stereocenters. The van der Waals surface area contributed by atoms with Gasteiger partial charge in [-0.05, 0) is 48.8 Å². The molecule has 0 aromatic carbocycles. The second kappa shape index (κ2) is 5.72. The molecule has 3 nitrogen and oxygen atoms in total. The van der Waals surface area contributed by atoms with Gasteiger partial charge < -0.3 is 10.2 Å². The number of anilines is 1. The predicted molar refractivity (Wildman–Crippen MR) is 83.9 cm³/mol. The van der Waals surface area contributed by atoms with E-state index in [0.717, 1.165) is 25.7 Å². The Morgan fingerprint density at radius 2 is 2.10 bits per heavy atom. The highest BCUT2D eigenvalue weighted by Crippen LogP contribution is 2.35. The number of pyridine rings is 1. The van der Waals surface area contributed by atoms with Gasteiger partial charge in [-0.15, -0.1) is 0 Å². The lowest BCUT2D eigenvalue weighted by molar-refractivity contribution is 0.238. The lowest BCUT2D eigenvalue weighted by atomic mass is 9.78. The predicted octanol–water partition coefficient (Wildman–Crippen LogP) is 3.35. The molecule has 2 fully saturated rings. The van der Waals surface area contributed by atoms with Crippen LogP contribution in [0.2, 0.25) is 0 Å². The minimum Gasteiger partial charge on any atom is -0.357 e. The van der Waals surface area contributed by atoms with Gasteiger partial charge in [0.2, 0.25) is 0 Å². The summed E-state index contributed by atoms with van der Waals surface area (Å²) in [6, 6.07) is 5.18. The zero-order valence-corrected chi connectivity index (χ0v) is 12.9. The zero-order valence-electron chi connectivity index (χ0n) is 12.9. The van der Waals surface area contributed by atoms with Crippen LogP contribution in [0.15, 0.2) is 18.3 Å². The molecule has 0 atom stereocenters. The Kier molecular flexibility index (Phi) is 3.97. The summed E-state index contributed by atoms with van der Waals surface area (Å²) in [6.07, 6.45) is 8.53. The van der Waals surface area contributed by atoms with Crippen molar-refractivity contribution in [2.75, 3.05) is 18.0 Å².